The lowest BCUT2D eigenvalue weighted by Crippen LogP contribution is -2.34. The zero-order chi connectivity index (χ0) is 10.9. The molecule has 78 valence electrons. The molecule has 1 saturated heterocycles. The standard InChI is InChI=1S/C8H10O6/c1-2-8(7(13)14-8)4(6(11)12)3-5(9)10/h4H,2-3H2,1H3,(H,9,10)(H,11,12). The van der Waals surface area contributed by atoms with Gasteiger partial charge in [-0.05, 0) is 6.42 Å². The Labute approximate surface area is 79.5 Å². The maximum absolute atomic E-state index is 10.9. The van der Waals surface area contributed by atoms with Gasteiger partial charge in [-0.1, -0.05) is 6.92 Å². The number of ether oxygens (including phenoxy) is 1. The summed E-state index contributed by atoms with van der Waals surface area (Å²) < 4.78 is 4.59. The van der Waals surface area contributed by atoms with Crippen LogP contribution in [0.5, 0.6) is 0 Å². The average Bonchev–Trinajstić information content (AvgIpc) is 2.73. The lowest BCUT2D eigenvalue weighted by Gasteiger charge is -2.13. The van der Waals surface area contributed by atoms with Crippen molar-refractivity contribution in [1.82, 2.24) is 0 Å². The third kappa shape index (κ3) is 1.55. The Morgan fingerprint density at radius 1 is 1.50 bits per heavy atom. The van der Waals surface area contributed by atoms with E-state index in [2.05, 4.69) is 4.74 Å². The van der Waals surface area contributed by atoms with E-state index < -0.39 is 35.8 Å². The Balaban J connectivity index is 2.83. The third-order valence-electron chi connectivity index (χ3n) is 2.34. The minimum absolute atomic E-state index is 0.177. The number of epoxide rings is 1. The molecule has 1 rings (SSSR count). The molecule has 1 aliphatic heterocycles. The predicted octanol–water partition coefficient (Wildman–Crippen LogP) is -0.133. The van der Waals surface area contributed by atoms with E-state index in [1.54, 1.807) is 6.92 Å². The van der Waals surface area contributed by atoms with E-state index in [0.29, 0.717) is 0 Å². The molecule has 6 heteroatoms. The number of carboxylic acid groups (broad SMARTS) is 2. The van der Waals surface area contributed by atoms with E-state index in [4.69, 9.17) is 10.2 Å². The van der Waals surface area contributed by atoms with Gasteiger partial charge in [-0.25, -0.2) is 4.79 Å². The summed E-state index contributed by atoms with van der Waals surface area (Å²) in [5.74, 6) is -4.50. The molecule has 1 fully saturated rings. The van der Waals surface area contributed by atoms with Crippen LogP contribution in [-0.4, -0.2) is 33.7 Å². The molecular weight excluding hydrogens is 192 g/mol. The normalized spacial score (nSPS) is 26.5. The van der Waals surface area contributed by atoms with E-state index in [1.807, 2.05) is 0 Å². The molecule has 0 amide bonds. The molecular formula is C8H10O6. The monoisotopic (exact) mass is 202 g/mol. The lowest BCUT2D eigenvalue weighted by molar-refractivity contribution is -0.151. The van der Waals surface area contributed by atoms with Gasteiger partial charge < -0.3 is 14.9 Å². The Hall–Kier alpha value is -1.59. The van der Waals surface area contributed by atoms with Crippen LogP contribution in [0.1, 0.15) is 19.8 Å². The summed E-state index contributed by atoms with van der Waals surface area (Å²) in [6.45, 7) is 1.59. The van der Waals surface area contributed by atoms with Crippen LogP contribution in [0.15, 0.2) is 0 Å². The molecule has 0 radical (unpaired) electrons. The van der Waals surface area contributed by atoms with Crippen LogP contribution >= 0.6 is 0 Å². The van der Waals surface area contributed by atoms with Crippen molar-refractivity contribution in [3.05, 3.63) is 0 Å². The number of carboxylic acids is 2. The summed E-state index contributed by atoms with van der Waals surface area (Å²) in [4.78, 5) is 32.0. The summed E-state index contributed by atoms with van der Waals surface area (Å²) >= 11 is 0. The van der Waals surface area contributed by atoms with Crippen LogP contribution in [0, 0.1) is 5.92 Å². The second kappa shape index (κ2) is 3.28. The van der Waals surface area contributed by atoms with Gasteiger partial charge >= 0.3 is 17.9 Å². The average molecular weight is 202 g/mol. The molecule has 6 nitrogen and oxygen atoms in total. The van der Waals surface area contributed by atoms with Crippen molar-refractivity contribution >= 4 is 17.9 Å². The summed E-state index contributed by atoms with van der Waals surface area (Å²) in [7, 11) is 0. The van der Waals surface area contributed by atoms with Crippen molar-refractivity contribution in [1.29, 1.82) is 0 Å². The van der Waals surface area contributed by atoms with Crippen LogP contribution in [0.4, 0.5) is 0 Å². The van der Waals surface area contributed by atoms with Gasteiger partial charge in [0.15, 0.2) is 0 Å². The zero-order valence-electron chi connectivity index (χ0n) is 7.52. The second-order valence-electron chi connectivity index (χ2n) is 3.12. The van der Waals surface area contributed by atoms with Gasteiger partial charge in [-0.15, -0.1) is 0 Å². The molecule has 0 bridgehead atoms. The molecule has 0 aromatic heterocycles. The first-order valence-electron chi connectivity index (χ1n) is 4.12. The molecule has 0 aromatic carbocycles. The van der Waals surface area contributed by atoms with Gasteiger partial charge in [0.05, 0.1) is 6.42 Å². The van der Waals surface area contributed by atoms with Gasteiger partial charge in [0, 0.05) is 0 Å². The number of hydrogen-bond acceptors (Lipinski definition) is 4. The summed E-state index contributed by atoms with van der Waals surface area (Å²) in [6, 6.07) is 0. The quantitative estimate of drug-likeness (QED) is 0.601. The Bertz CT molecular complexity index is 296. The smallest absolute Gasteiger partial charge is 0.352 e. The van der Waals surface area contributed by atoms with Crippen LogP contribution in [0.2, 0.25) is 0 Å². The maximum atomic E-state index is 10.9. The number of carbonyl (C=O) groups is 3. The summed E-state index contributed by atoms with van der Waals surface area (Å²) in [5, 5.41) is 17.2. The highest BCUT2D eigenvalue weighted by molar-refractivity contribution is 5.98. The molecule has 0 saturated carbocycles. The number of hydrogen-bond donors (Lipinski definition) is 2. The van der Waals surface area contributed by atoms with E-state index in [0.717, 1.165) is 0 Å². The third-order valence-corrected chi connectivity index (χ3v) is 2.34. The molecule has 1 heterocycles. The fourth-order valence-corrected chi connectivity index (χ4v) is 1.44. The van der Waals surface area contributed by atoms with Crippen molar-refractivity contribution in [2.24, 2.45) is 5.92 Å². The molecule has 0 aromatic rings. The lowest BCUT2D eigenvalue weighted by atomic mass is 9.87. The molecule has 2 atom stereocenters. The molecule has 2 N–H and O–H groups in total. The number of carbonyl (C=O) groups excluding carboxylic acids is 1. The largest absolute Gasteiger partial charge is 0.481 e. The van der Waals surface area contributed by atoms with E-state index in [-0.39, 0.29) is 6.42 Å². The minimum Gasteiger partial charge on any atom is -0.481 e. The molecule has 2 unspecified atom stereocenters. The highest BCUT2D eigenvalue weighted by Crippen LogP contribution is 2.42. The summed E-state index contributed by atoms with van der Waals surface area (Å²) in [6.07, 6.45) is -0.426. The van der Waals surface area contributed by atoms with Crippen molar-refractivity contribution in [3.63, 3.8) is 0 Å². The Kier molecular flexibility index (Phi) is 2.46. The van der Waals surface area contributed by atoms with Crippen molar-refractivity contribution in [2.75, 3.05) is 0 Å². The van der Waals surface area contributed by atoms with Gasteiger partial charge in [-0.3, -0.25) is 9.59 Å². The fourth-order valence-electron chi connectivity index (χ4n) is 1.44. The molecule has 1 aliphatic rings. The minimum atomic E-state index is -1.40. The first-order chi connectivity index (χ1) is 6.44. The SMILES string of the molecule is CCC1(C(CC(=O)O)C(=O)O)OC1=O. The van der Waals surface area contributed by atoms with Crippen LogP contribution < -0.4 is 0 Å². The van der Waals surface area contributed by atoms with Crippen molar-refractivity contribution in [2.45, 2.75) is 25.4 Å². The molecule has 0 spiro atoms. The topological polar surface area (TPSA) is 104 Å². The number of aliphatic carboxylic acids is 2. The second-order valence-corrected chi connectivity index (χ2v) is 3.12. The Morgan fingerprint density at radius 2 is 2.00 bits per heavy atom. The van der Waals surface area contributed by atoms with Crippen LogP contribution in [0.3, 0.4) is 0 Å². The summed E-state index contributed by atoms with van der Waals surface area (Å²) in [5.41, 5.74) is -1.40. The first kappa shape index (κ1) is 10.5. The molecule has 14 heavy (non-hydrogen) atoms. The highest BCUT2D eigenvalue weighted by Gasteiger charge is 2.64. The Morgan fingerprint density at radius 3 is 2.21 bits per heavy atom. The zero-order valence-corrected chi connectivity index (χ0v) is 7.52. The van der Waals surface area contributed by atoms with Gasteiger partial charge in [0.25, 0.3) is 0 Å². The van der Waals surface area contributed by atoms with E-state index in [1.165, 1.54) is 0 Å². The number of rotatable bonds is 5. The highest BCUT2D eigenvalue weighted by atomic mass is 16.7. The maximum Gasteiger partial charge on any atom is 0.352 e. The molecule has 0 aliphatic carbocycles. The number of cyclic esters (lactones) is 1. The van der Waals surface area contributed by atoms with Crippen molar-refractivity contribution < 1.29 is 29.3 Å². The predicted molar refractivity (Wildman–Crippen MR) is 42.5 cm³/mol. The van der Waals surface area contributed by atoms with Crippen molar-refractivity contribution in [3.8, 4) is 0 Å². The first-order valence-corrected chi connectivity index (χ1v) is 4.12. The van der Waals surface area contributed by atoms with Gasteiger partial charge in [-0.2, -0.15) is 0 Å². The van der Waals surface area contributed by atoms with Gasteiger partial charge in [0.2, 0.25) is 5.60 Å². The van der Waals surface area contributed by atoms with E-state index >= 15 is 0 Å². The fraction of sp³-hybridized carbons (Fsp3) is 0.625. The van der Waals surface area contributed by atoms with Gasteiger partial charge in [0.1, 0.15) is 5.92 Å². The van der Waals surface area contributed by atoms with Crippen LogP contribution in [0.25, 0.3) is 0 Å². The van der Waals surface area contributed by atoms with Crippen LogP contribution in [-0.2, 0) is 19.1 Å². The van der Waals surface area contributed by atoms with E-state index in [9.17, 15) is 14.4 Å².